The summed E-state index contributed by atoms with van der Waals surface area (Å²) in [6.07, 6.45) is 1.88. The maximum Gasteiger partial charge on any atom is 0.240 e. The second-order valence-electron chi connectivity index (χ2n) is 8.72. The molecule has 2 heterocycles. The van der Waals surface area contributed by atoms with E-state index in [2.05, 4.69) is 30.6 Å². The van der Waals surface area contributed by atoms with Gasteiger partial charge >= 0.3 is 0 Å². The third-order valence-corrected chi connectivity index (χ3v) is 4.89. The Hall–Kier alpha value is -1.14. The van der Waals surface area contributed by atoms with Crippen LogP contribution < -0.4 is 0 Å². The SMILES string of the molecule is CC1C(=O)N(CCN(C)C)CN1C1CCCN(CC(C)(C)C)C1=O. The first-order valence-electron chi connectivity index (χ1n) is 9.08. The summed E-state index contributed by atoms with van der Waals surface area (Å²) >= 11 is 0. The Labute approximate surface area is 146 Å². The lowest BCUT2D eigenvalue weighted by molar-refractivity contribution is -0.142. The molecule has 2 aliphatic heterocycles. The zero-order valence-electron chi connectivity index (χ0n) is 16.2. The molecule has 0 aromatic carbocycles. The van der Waals surface area contributed by atoms with Crippen LogP contribution >= 0.6 is 0 Å². The lowest BCUT2D eigenvalue weighted by Gasteiger charge is -2.40. The minimum Gasteiger partial charge on any atom is -0.341 e. The summed E-state index contributed by atoms with van der Waals surface area (Å²) in [5, 5.41) is 0. The molecular weight excluding hydrogens is 304 g/mol. The van der Waals surface area contributed by atoms with Crippen molar-refractivity contribution in [2.45, 2.75) is 52.6 Å². The van der Waals surface area contributed by atoms with Gasteiger partial charge in [0.2, 0.25) is 11.8 Å². The van der Waals surface area contributed by atoms with Gasteiger partial charge in [-0.1, -0.05) is 20.8 Å². The summed E-state index contributed by atoms with van der Waals surface area (Å²) in [7, 11) is 4.02. The number of carbonyl (C=O) groups is 2. The number of amides is 2. The van der Waals surface area contributed by atoms with Crippen molar-refractivity contribution in [3.63, 3.8) is 0 Å². The van der Waals surface area contributed by atoms with Crippen LogP contribution in [-0.2, 0) is 9.59 Å². The highest BCUT2D eigenvalue weighted by Crippen LogP contribution is 2.26. The van der Waals surface area contributed by atoms with Crippen LogP contribution in [-0.4, -0.2) is 90.4 Å². The Kier molecular flexibility index (Phi) is 5.91. The fraction of sp³-hybridized carbons (Fsp3) is 0.889. The van der Waals surface area contributed by atoms with Crippen LogP contribution in [0.1, 0.15) is 40.5 Å². The highest BCUT2D eigenvalue weighted by molar-refractivity contribution is 5.87. The van der Waals surface area contributed by atoms with E-state index >= 15 is 0 Å². The number of rotatable bonds is 5. The first kappa shape index (κ1) is 19.2. The van der Waals surface area contributed by atoms with Gasteiger partial charge in [-0.3, -0.25) is 14.5 Å². The van der Waals surface area contributed by atoms with Gasteiger partial charge in [0, 0.05) is 26.2 Å². The molecule has 0 saturated carbocycles. The average Bonchev–Trinajstić information content (AvgIpc) is 2.74. The quantitative estimate of drug-likeness (QED) is 0.752. The summed E-state index contributed by atoms with van der Waals surface area (Å²) in [4.78, 5) is 33.6. The molecule has 0 aromatic heterocycles. The van der Waals surface area contributed by atoms with Crippen LogP contribution in [0.15, 0.2) is 0 Å². The predicted octanol–water partition coefficient (Wildman–Crippen LogP) is 1.08. The Morgan fingerprint density at radius 3 is 2.38 bits per heavy atom. The molecule has 0 bridgehead atoms. The molecule has 0 spiro atoms. The zero-order valence-corrected chi connectivity index (χ0v) is 16.2. The van der Waals surface area contributed by atoms with Gasteiger partial charge < -0.3 is 14.7 Å². The minimum atomic E-state index is -0.198. The first-order chi connectivity index (χ1) is 11.1. The van der Waals surface area contributed by atoms with Crippen LogP contribution in [0.25, 0.3) is 0 Å². The number of hydrogen-bond acceptors (Lipinski definition) is 4. The predicted molar refractivity (Wildman–Crippen MR) is 95.5 cm³/mol. The standard InChI is InChI=1S/C18H34N4O2/c1-14-16(23)21(11-10-19(5)6)13-22(14)15-8-7-9-20(17(15)24)12-18(2,3)4/h14-15H,7-13H2,1-6H3. The van der Waals surface area contributed by atoms with Gasteiger partial charge in [-0.15, -0.1) is 0 Å². The van der Waals surface area contributed by atoms with Gasteiger partial charge in [0.1, 0.15) is 0 Å². The van der Waals surface area contributed by atoms with E-state index in [9.17, 15) is 9.59 Å². The van der Waals surface area contributed by atoms with Gasteiger partial charge in [0.05, 0.1) is 18.8 Å². The highest BCUT2D eigenvalue weighted by atomic mass is 16.2. The molecule has 2 fully saturated rings. The summed E-state index contributed by atoms with van der Waals surface area (Å²) in [6.45, 7) is 12.2. The van der Waals surface area contributed by atoms with Crippen LogP contribution in [0.2, 0.25) is 0 Å². The van der Waals surface area contributed by atoms with Crippen molar-refractivity contribution in [2.75, 3.05) is 46.9 Å². The summed E-state index contributed by atoms with van der Waals surface area (Å²) < 4.78 is 0. The van der Waals surface area contributed by atoms with Gasteiger partial charge in [0.25, 0.3) is 0 Å². The monoisotopic (exact) mass is 338 g/mol. The smallest absolute Gasteiger partial charge is 0.240 e. The Balaban J connectivity index is 2.04. The van der Waals surface area contributed by atoms with Gasteiger partial charge in [-0.25, -0.2) is 0 Å². The topological polar surface area (TPSA) is 47.1 Å². The number of hydrogen-bond donors (Lipinski definition) is 0. The van der Waals surface area contributed by atoms with Crippen molar-refractivity contribution >= 4 is 11.8 Å². The van der Waals surface area contributed by atoms with Crippen LogP contribution in [0, 0.1) is 5.41 Å². The Morgan fingerprint density at radius 2 is 1.79 bits per heavy atom. The summed E-state index contributed by atoms with van der Waals surface area (Å²) in [6, 6.07) is -0.347. The van der Waals surface area contributed by atoms with Gasteiger partial charge in [-0.05, 0) is 39.3 Å². The summed E-state index contributed by atoms with van der Waals surface area (Å²) in [5.41, 5.74) is 0.0989. The van der Waals surface area contributed by atoms with Crippen molar-refractivity contribution in [1.29, 1.82) is 0 Å². The van der Waals surface area contributed by atoms with E-state index in [0.717, 1.165) is 39.0 Å². The molecule has 0 aromatic rings. The van der Waals surface area contributed by atoms with Crippen molar-refractivity contribution < 1.29 is 9.59 Å². The number of nitrogens with zero attached hydrogens (tertiary/aromatic N) is 4. The van der Waals surface area contributed by atoms with Crippen LogP contribution in [0.3, 0.4) is 0 Å². The van der Waals surface area contributed by atoms with E-state index < -0.39 is 0 Å². The lowest BCUT2D eigenvalue weighted by atomic mass is 9.93. The maximum atomic E-state index is 13.0. The molecule has 138 valence electrons. The molecular formula is C18H34N4O2. The molecule has 0 N–H and O–H groups in total. The molecule has 0 aliphatic carbocycles. The second kappa shape index (κ2) is 7.40. The molecule has 2 aliphatic rings. The molecule has 2 saturated heterocycles. The van der Waals surface area contributed by atoms with E-state index in [0.29, 0.717) is 6.67 Å². The van der Waals surface area contributed by atoms with Crippen LogP contribution in [0.4, 0.5) is 0 Å². The fourth-order valence-corrected chi connectivity index (χ4v) is 3.62. The largest absolute Gasteiger partial charge is 0.341 e. The van der Waals surface area contributed by atoms with Gasteiger partial charge in [0.15, 0.2) is 0 Å². The number of likely N-dealkylation sites (tertiary alicyclic amines) is 1. The average molecular weight is 338 g/mol. The number of carbonyl (C=O) groups excluding carboxylic acids is 2. The van der Waals surface area contributed by atoms with E-state index in [1.807, 2.05) is 30.8 Å². The van der Waals surface area contributed by atoms with E-state index in [-0.39, 0.29) is 29.3 Å². The summed E-state index contributed by atoms with van der Waals surface area (Å²) in [5.74, 6) is 0.350. The Bertz CT molecular complexity index is 472. The van der Waals surface area contributed by atoms with E-state index in [1.165, 1.54) is 0 Å². The molecule has 2 amide bonds. The second-order valence-corrected chi connectivity index (χ2v) is 8.72. The highest BCUT2D eigenvalue weighted by Gasteiger charge is 2.43. The molecule has 6 heteroatoms. The van der Waals surface area contributed by atoms with Gasteiger partial charge in [-0.2, -0.15) is 0 Å². The van der Waals surface area contributed by atoms with Crippen molar-refractivity contribution in [3.8, 4) is 0 Å². The Morgan fingerprint density at radius 1 is 1.12 bits per heavy atom. The molecule has 6 nitrogen and oxygen atoms in total. The third-order valence-electron chi connectivity index (χ3n) is 4.89. The fourth-order valence-electron chi connectivity index (χ4n) is 3.62. The van der Waals surface area contributed by atoms with Crippen molar-refractivity contribution in [1.82, 2.24) is 19.6 Å². The number of likely N-dealkylation sites (N-methyl/N-ethyl adjacent to an activating group) is 1. The first-order valence-corrected chi connectivity index (χ1v) is 9.08. The molecule has 2 atom stereocenters. The molecule has 0 radical (unpaired) electrons. The maximum absolute atomic E-state index is 13.0. The molecule has 2 unspecified atom stereocenters. The minimum absolute atomic E-state index is 0.0989. The van der Waals surface area contributed by atoms with Crippen LogP contribution in [0.5, 0.6) is 0 Å². The van der Waals surface area contributed by atoms with E-state index in [4.69, 9.17) is 0 Å². The molecule has 2 rings (SSSR count). The van der Waals surface area contributed by atoms with Crippen molar-refractivity contribution in [2.24, 2.45) is 5.41 Å². The van der Waals surface area contributed by atoms with Crippen molar-refractivity contribution in [3.05, 3.63) is 0 Å². The third kappa shape index (κ3) is 4.48. The van der Waals surface area contributed by atoms with E-state index in [1.54, 1.807) is 0 Å². The zero-order chi connectivity index (χ0) is 18.1. The molecule has 24 heavy (non-hydrogen) atoms. The normalized spacial score (nSPS) is 26.8. The lowest BCUT2D eigenvalue weighted by Crippen LogP contribution is -2.55. The number of piperidine rings is 1.